The summed E-state index contributed by atoms with van der Waals surface area (Å²) in [6.45, 7) is 4.98. The second-order valence-corrected chi connectivity index (χ2v) is 3.93. The summed E-state index contributed by atoms with van der Waals surface area (Å²) >= 11 is 3.45. The molecule has 5 heteroatoms. The predicted octanol–water partition coefficient (Wildman–Crippen LogP) is 2.37. The molecule has 1 aromatic rings. The van der Waals surface area contributed by atoms with Crippen LogP contribution in [-0.2, 0) is 0 Å². The first-order valence-electron chi connectivity index (χ1n) is 4.37. The zero-order chi connectivity index (χ0) is 9.84. The fraction of sp³-hybridized carbons (Fsp3) is 0.750. The molecule has 0 aromatic carbocycles. The van der Waals surface area contributed by atoms with Crippen LogP contribution in [0, 0.1) is 0 Å². The van der Waals surface area contributed by atoms with Gasteiger partial charge in [0.15, 0.2) is 0 Å². The molecule has 0 radical (unpaired) electrons. The SMILES string of the molecule is CCC(Br)c1nc(N(C)CC)no1. The first-order valence-corrected chi connectivity index (χ1v) is 5.29. The normalized spacial score (nSPS) is 12.9. The van der Waals surface area contributed by atoms with E-state index in [0.717, 1.165) is 13.0 Å². The number of halogens is 1. The highest BCUT2D eigenvalue weighted by molar-refractivity contribution is 9.09. The Labute approximate surface area is 86.4 Å². The van der Waals surface area contributed by atoms with Gasteiger partial charge >= 0.3 is 0 Å². The second kappa shape index (κ2) is 4.60. The van der Waals surface area contributed by atoms with Crippen LogP contribution >= 0.6 is 15.9 Å². The molecule has 4 nitrogen and oxygen atoms in total. The molecule has 0 fully saturated rings. The van der Waals surface area contributed by atoms with Crippen LogP contribution in [-0.4, -0.2) is 23.7 Å². The minimum Gasteiger partial charge on any atom is -0.342 e. The molecule has 1 heterocycles. The van der Waals surface area contributed by atoms with E-state index in [2.05, 4.69) is 33.0 Å². The van der Waals surface area contributed by atoms with Crippen LogP contribution in [0.25, 0.3) is 0 Å². The highest BCUT2D eigenvalue weighted by Crippen LogP contribution is 2.25. The molecule has 74 valence electrons. The van der Waals surface area contributed by atoms with Crippen LogP contribution in [0.4, 0.5) is 5.95 Å². The molecule has 1 atom stereocenters. The maximum absolute atomic E-state index is 5.09. The van der Waals surface area contributed by atoms with E-state index in [0.29, 0.717) is 11.8 Å². The van der Waals surface area contributed by atoms with Crippen molar-refractivity contribution in [2.75, 3.05) is 18.5 Å². The summed E-state index contributed by atoms with van der Waals surface area (Å²) in [5, 5.41) is 3.87. The third-order valence-corrected chi connectivity index (χ3v) is 2.91. The van der Waals surface area contributed by atoms with Gasteiger partial charge in [0.2, 0.25) is 5.89 Å². The van der Waals surface area contributed by atoms with Gasteiger partial charge in [-0.25, -0.2) is 0 Å². The molecule has 13 heavy (non-hydrogen) atoms. The summed E-state index contributed by atoms with van der Waals surface area (Å²) in [4.78, 5) is 6.35. The molecular formula is C8H14BrN3O. The number of rotatable bonds is 4. The summed E-state index contributed by atoms with van der Waals surface area (Å²) in [6, 6.07) is 0. The van der Waals surface area contributed by atoms with Crippen molar-refractivity contribution in [1.29, 1.82) is 0 Å². The van der Waals surface area contributed by atoms with E-state index in [1.54, 1.807) is 0 Å². The highest BCUT2D eigenvalue weighted by Gasteiger charge is 2.14. The molecule has 1 rings (SSSR count). The average Bonchev–Trinajstić information content (AvgIpc) is 2.64. The Balaban J connectivity index is 2.74. The lowest BCUT2D eigenvalue weighted by atomic mass is 10.3. The number of alkyl halides is 1. The van der Waals surface area contributed by atoms with E-state index in [-0.39, 0.29) is 4.83 Å². The summed E-state index contributed by atoms with van der Waals surface area (Å²) in [6.07, 6.45) is 0.942. The standard InChI is InChI=1S/C8H14BrN3O/c1-4-6(9)7-10-8(11-13-7)12(3)5-2/h6H,4-5H2,1-3H3. The minimum atomic E-state index is 0.166. The zero-order valence-electron chi connectivity index (χ0n) is 8.12. The maximum Gasteiger partial charge on any atom is 0.265 e. The molecule has 0 N–H and O–H groups in total. The van der Waals surface area contributed by atoms with Crippen molar-refractivity contribution in [1.82, 2.24) is 10.1 Å². The van der Waals surface area contributed by atoms with Crippen molar-refractivity contribution in [2.24, 2.45) is 0 Å². The minimum absolute atomic E-state index is 0.166. The number of aromatic nitrogens is 2. The molecule has 0 aliphatic rings. The number of hydrogen-bond acceptors (Lipinski definition) is 4. The molecule has 0 bridgehead atoms. The Bertz CT molecular complexity index is 239. The smallest absolute Gasteiger partial charge is 0.265 e. The van der Waals surface area contributed by atoms with E-state index >= 15 is 0 Å². The lowest BCUT2D eigenvalue weighted by Crippen LogP contribution is -2.17. The molecule has 1 aromatic heterocycles. The monoisotopic (exact) mass is 247 g/mol. The molecule has 0 saturated carbocycles. The highest BCUT2D eigenvalue weighted by atomic mass is 79.9. The van der Waals surface area contributed by atoms with E-state index in [1.807, 2.05) is 18.9 Å². The van der Waals surface area contributed by atoms with E-state index in [1.165, 1.54) is 0 Å². The summed E-state index contributed by atoms with van der Waals surface area (Å²) in [7, 11) is 1.93. The quantitative estimate of drug-likeness (QED) is 0.767. The van der Waals surface area contributed by atoms with Gasteiger partial charge in [-0.05, 0) is 18.5 Å². The van der Waals surface area contributed by atoms with Gasteiger partial charge in [-0.3, -0.25) is 0 Å². The topological polar surface area (TPSA) is 42.2 Å². The van der Waals surface area contributed by atoms with Gasteiger partial charge < -0.3 is 9.42 Å². The van der Waals surface area contributed by atoms with Crippen molar-refractivity contribution in [3.63, 3.8) is 0 Å². The van der Waals surface area contributed by atoms with Gasteiger partial charge in [-0.15, -0.1) is 0 Å². The van der Waals surface area contributed by atoms with Crippen molar-refractivity contribution in [3.05, 3.63) is 5.89 Å². The lowest BCUT2D eigenvalue weighted by molar-refractivity contribution is 0.376. The third kappa shape index (κ3) is 2.43. The Hall–Kier alpha value is -0.580. The van der Waals surface area contributed by atoms with E-state index in [9.17, 15) is 0 Å². The predicted molar refractivity (Wildman–Crippen MR) is 55.2 cm³/mol. The third-order valence-electron chi connectivity index (χ3n) is 1.87. The summed E-state index contributed by atoms with van der Waals surface area (Å²) in [5.74, 6) is 1.30. The van der Waals surface area contributed by atoms with Crippen molar-refractivity contribution in [3.8, 4) is 0 Å². The largest absolute Gasteiger partial charge is 0.342 e. The first kappa shape index (κ1) is 10.5. The van der Waals surface area contributed by atoms with Gasteiger partial charge in [0.25, 0.3) is 5.95 Å². The average molecular weight is 248 g/mol. The van der Waals surface area contributed by atoms with E-state index < -0.39 is 0 Å². The van der Waals surface area contributed by atoms with Crippen molar-refractivity contribution >= 4 is 21.9 Å². The summed E-state index contributed by atoms with van der Waals surface area (Å²) < 4.78 is 5.09. The molecule has 0 aliphatic heterocycles. The Morgan fingerprint density at radius 1 is 1.54 bits per heavy atom. The fourth-order valence-corrected chi connectivity index (χ4v) is 1.01. The number of hydrogen-bond donors (Lipinski definition) is 0. The Morgan fingerprint density at radius 3 is 2.77 bits per heavy atom. The van der Waals surface area contributed by atoms with Crippen LogP contribution in [0.5, 0.6) is 0 Å². The lowest BCUT2D eigenvalue weighted by Gasteiger charge is -2.08. The van der Waals surface area contributed by atoms with Gasteiger partial charge in [0.05, 0.1) is 4.83 Å². The molecule has 0 amide bonds. The number of nitrogens with zero attached hydrogens (tertiary/aromatic N) is 3. The van der Waals surface area contributed by atoms with Gasteiger partial charge in [0, 0.05) is 13.6 Å². The van der Waals surface area contributed by atoms with Gasteiger partial charge in [-0.2, -0.15) is 4.98 Å². The van der Waals surface area contributed by atoms with Gasteiger partial charge in [0.1, 0.15) is 0 Å². The summed E-state index contributed by atoms with van der Waals surface area (Å²) in [5.41, 5.74) is 0. The molecule has 0 spiro atoms. The van der Waals surface area contributed by atoms with Crippen LogP contribution in [0.2, 0.25) is 0 Å². The molecular weight excluding hydrogens is 234 g/mol. The fourth-order valence-electron chi connectivity index (χ4n) is 0.825. The van der Waals surface area contributed by atoms with Crippen molar-refractivity contribution in [2.45, 2.75) is 25.1 Å². The van der Waals surface area contributed by atoms with Gasteiger partial charge in [-0.1, -0.05) is 22.9 Å². The Morgan fingerprint density at radius 2 is 2.23 bits per heavy atom. The van der Waals surface area contributed by atoms with Crippen LogP contribution < -0.4 is 4.90 Å². The maximum atomic E-state index is 5.09. The van der Waals surface area contributed by atoms with Crippen LogP contribution in [0.15, 0.2) is 4.52 Å². The zero-order valence-corrected chi connectivity index (χ0v) is 9.71. The van der Waals surface area contributed by atoms with E-state index in [4.69, 9.17) is 4.52 Å². The first-order chi connectivity index (χ1) is 6.19. The number of anilines is 1. The van der Waals surface area contributed by atoms with Crippen molar-refractivity contribution < 1.29 is 4.52 Å². The second-order valence-electron chi connectivity index (χ2n) is 2.82. The molecule has 0 saturated heterocycles. The Kier molecular flexibility index (Phi) is 3.71. The molecule has 1 unspecified atom stereocenters. The van der Waals surface area contributed by atoms with Crippen LogP contribution in [0.3, 0.4) is 0 Å². The van der Waals surface area contributed by atoms with Crippen LogP contribution in [0.1, 0.15) is 31.0 Å². The molecule has 0 aliphatic carbocycles.